The van der Waals surface area contributed by atoms with Crippen LogP contribution in [-0.4, -0.2) is 44.2 Å². The highest BCUT2D eigenvalue weighted by Crippen LogP contribution is 2.29. The second kappa shape index (κ2) is 9.56. The van der Waals surface area contributed by atoms with Gasteiger partial charge in [-0.05, 0) is 37.6 Å². The molecule has 1 aromatic carbocycles. The summed E-state index contributed by atoms with van der Waals surface area (Å²) in [6.07, 6.45) is 5.66. The van der Waals surface area contributed by atoms with E-state index < -0.39 is 6.61 Å². The molecule has 5 nitrogen and oxygen atoms in total. The van der Waals surface area contributed by atoms with Gasteiger partial charge in [0, 0.05) is 12.6 Å². The maximum Gasteiger partial charge on any atom is 0.387 e. The van der Waals surface area contributed by atoms with Crippen molar-refractivity contribution in [2.24, 2.45) is 0 Å². The molecule has 0 spiro atoms. The lowest BCUT2D eigenvalue weighted by Gasteiger charge is -2.24. The van der Waals surface area contributed by atoms with Crippen molar-refractivity contribution in [3.63, 3.8) is 0 Å². The van der Waals surface area contributed by atoms with Gasteiger partial charge in [0.2, 0.25) is 5.91 Å². The first-order chi connectivity index (χ1) is 12.0. The SMILES string of the molecule is COc1ccc(CN(C)CC(=O)NC2CCCCC2)cc1OC(F)F. The summed E-state index contributed by atoms with van der Waals surface area (Å²) in [6, 6.07) is 5.15. The van der Waals surface area contributed by atoms with Gasteiger partial charge in [0.05, 0.1) is 13.7 Å². The molecule has 25 heavy (non-hydrogen) atoms. The predicted octanol–water partition coefficient (Wildman–Crippen LogP) is 3.18. The highest BCUT2D eigenvalue weighted by Gasteiger charge is 2.17. The number of benzene rings is 1. The van der Waals surface area contributed by atoms with Crippen LogP contribution in [-0.2, 0) is 11.3 Å². The Morgan fingerprint density at radius 1 is 1.28 bits per heavy atom. The number of nitrogens with zero attached hydrogens (tertiary/aromatic N) is 1. The fraction of sp³-hybridized carbons (Fsp3) is 0.611. The summed E-state index contributed by atoms with van der Waals surface area (Å²) in [5, 5.41) is 3.07. The summed E-state index contributed by atoms with van der Waals surface area (Å²) in [4.78, 5) is 14.0. The molecule has 2 rings (SSSR count). The molecule has 1 aromatic rings. The fourth-order valence-electron chi connectivity index (χ4n) is 3.14. The van der Waals surface area contributed by atoms with E-state index in [-0.39, 0.29) is 30.0 Å². The highest BCUT2D eigenvalue weighted by molar-refractivity contribution is 5.78. The van der Waals surface area contributed by atoms with Crippen LogP contribution >= 0.6 is 0 Å². The van der Waals surface area contributed by atoms with Gasteiger partial charge in [-0.1, -0.05) is 25.3 Å². The molecule has 0 aliphatic heterocycles. The fourth-order valence-corrected chi connectivity index (χ4v) is 3.14. The third-order valence-electron chi connectivity index (χ3n) is 4.28. The van der Waals surface area contributed by atoms with E-state index >= 15 is 0 Å². The molecule has 1 amide bonds. The van der Waals surface area contributed by atoms with Gasteiger partial charge in [-0.2, -0.15) is 8.78 Å². The first kappa shape index (κ1) is 19.4. The second-order valence-corrected chi connectivity index (χ2v) is 6.44. The first-order valence-corrected chi connectivity index (χ1v) is 8.57. The van der Waals surface area contributed by atoms with Crippen molar-refractivity contribution in [2.45, 2.75) is 51.3 Å². The van der Waals surface area contributed by atoms with Crippen molar-refractivity contribution in [3.05, 3.63) is 23.8 Å². The first-order valence-electron chi connectivity index (χ1n) is 8.57. The lowest BCUT2D eigenvalue weighted by Crippen LogP contribution is -2.41. The number of hydrogen-bond acceptors (Lipinski definition) is 4. The highest BCUT2D eigenvalue weighted by atomic mass is 19.3. The van der Waals surface area contributed by atoms with Crippen molar-refractivity contribution in [2.75, 3.05) is 20.7 Å². The average Bonchev–Trinajstić information content (AvgIpc) is 2.55. The van der Waals surface area contributed by atoms with Crippen molar-refractivity contribution in [1.29, 1.82) is 0 Å². The lowest BCUT2D eigenvalue weighted by atomic mass is 9.95. The number of carbonyl (C=O) groups excluding carboxylic acids is 1. The number of ether oxygens (including phenoxy) is 2. The van der Waals surface area contributed by atoms with E-state index in [0.717, 1.165) is 18.4 Å². The molecule has 1 N–H and O–H groups in total. The number of nitrogens with one attached hydrogen (secondary N) is 1. The Labute approximate surface area is 147 Å². The van der Waals surface area contributed by atoms with Crippen LogP contribution in [0.4, 0.5) is 8.78 Å². The molecule has 0 saturated heterocycles. The molecule has 140 valence electrons. The van der Waals surface area contributed by atoms with E-state index in [9.17, 15) is 13.6 Å². The largest absolute Gasteiger partial charge is 0.493 e. The maximum atomic E-state index is 12.5. The lowest BCUT2D eigenvalue weighted by molar-refractivity contribution is -0.123. The molecule has 1 aliphatic carbocycles. The molecule has 7 heteroatoms. The Morgan fingerprint density at radius 2 is 2.00 bits per heavy atom. The Hall–Kier alpha value is -1.89. The number of carbonyl (C=O) groups is 1. The standard InChI is InChI=1S/C18H26F2N2O3/c1-22(12-17(23)21-14-6-4-3-5-7-14)11-13-8-9-15(24-2)16(10-13)25-18(19)20/h8-10,14,18H,3-7,11-12H2,1-2H3,(H,21,23). The van der Waals surface area contributed by atoms with Crippen molar-refractivity contribution >= 4 is 5.91 Å². The minimum Gasteiger partial charge on any atom is -0.493 e. The van der Waals surface area contributed by atoms with E-state index in [4.69, 9.17) is 4.74 Å². The van der Waals surface area contributed by atoms with Crippen LogP contribution in [0.15, 0.2) is 18.2 Å². The van der Waals surface area contributed by atoms with Crippen LogP contribution in [0, 0.1) is 0 Å². The Kier molecular flexibility index (Phi) is 7.43. The maximum absolute atomic E-state index is 12.5. The van der Waals surface area contributed by atoms with Gasteiger partial charge in [-0.15, -0.1) is 0 Å². The summed E-state index contributed by atoms with van der Waals surface area (Å²) in [5.74, 6) is 0.240. The molecule has 0 bridgehead atoms. The van der Waals surface area contributed by atoms with Crippen LogP contribution in [0.5, 0.6) is 11.5 Å². The minimum atomic E-state index is -2.91. The zero-order valence-corrected chi connectivity index (χ0v) is 14.8. The van der Waals surface area contributed by atoms with E-state index in [2.05, 4.69) is 10.1 Å². The van der Waals surface area contributed by atoms with Gasteiger partial charge >= 0.3 is 6.61 Å². The van der Waals surface area contributed by atoms with Gasteiger partial charge in [-0.25, -0.2) is 0 Å². The molecule has 0 heterocycles. The van der Waals surface area contributed by atoms with Crippen LogP contribution in [0.3, 0.4) is 0 Å². The summed E-state index contributed by atoms with van der Waals surface area (Å²) in [5.41, 5.74) is 0.768. The third-order valence-corrected chi connectivity index (χ3v) is 4.28. The van der Waals surface area contributed by atoms with Gasteiger partial charge in [-0.3, -0.25) is 9.69 Å². The van der Waals surface area contributed by atoms with E-state index in [1.807, 2.05) is 11.9 Å². The molecule has 1 fully saturated rings. The Bertz CT molecular complexity index is 563. The molecular weight excluding hydrogens is 330 g/mol. The van der Waals surface area contributed by atoms with E-state index in [0.29, 0.717) is 6.54 Å². The van der Waals surface area contributed by atoms with E-state index in [1.165, 1.54) is 32.4 Å². The van der Waals surface area contributed by atoms with Gasteiger partial charge in [0.25, 0.3) is 0 Å². The number of hydrogen-bond donors (Lipinski definition) is 1. The van der Waals surface area contributed by atoms with Gasteiger partial charge < -0.3 is 14.8 Å². The van der Waals surface area contributed by atoms with Crippen LogP contribution in [0.2, 0.25) is 0 Å². The number of halogens is 2. The number of alkyl halides is 2. The average molecular weight is 356 g/mol. The molecule has 1 saturated carbocycles. The van der Waals surface area contributed by atoms with Crippen LogP contribution in [0.1, 0.15) is 37.7 Å². The van der Waals surface area contributed by atoms with Crippen molar-refractivity contribution < 1.29 is 23.0 Å². The zero-order chi connectivity index (χ0) is 18.2. The summed E-state index contributed by atoms with van der Waals surface area (Å²) >= 11 is 0. The molecule has 0 unspecified atom stereocenters. The number of likely N-dealkylation sites (N-methyl/N-ethyl adjacent to an activating group) is 1. The molecule has 0 aromatic heterocycles. The molecule has 0 atom stereocenters. The van der Waals surface area contributed by atoms with Gasteiger partial charge in [0.1, 0.15) is 0 Å². The number of methoxy groups -OCH3 is 1. The Morgan fingerprint density at radius 3 is 2.64 bits per heavy atom. The zero-order valence-electron chi connectivity index (χ0n) is 14.8. The smallest absolute Gasteiger partial charge is 0.387 e. The Balaban J connectivity index is 1.88. The third kappa shape index (κ3) is 6.49. The summed E-state index contributed by atoms with van der Waals surface area (Å²) in [6.45, 7) is -2.21. The predicted molar refractivity (Wildman–Crippen MR) is 91.0 cm³/mol. The van der Waals surface area contributed by atoms with Crippen LogP contribution < -0.4 is 14.8 Å². The molecule has 0 radical (unpaired) electrons. The summed E-state index contributed by atoms with van der Waals surface area (Å²) < 4.78 is 34.5. The monoisotopic (exact) mass is 356 g/mol. The topological polar surface area (TPSA) is 50.8 Å². The number of amides is 1. The normalized spacial score (nSPS) is 15.4. The van der Waals surface area contributed by atoms with Crippen molar-refractivity contribution in [1.82, 2.24) is 10.2 Å². The second-order valence-electron chi connectivity index (χ2n) is 6.44. The van der Waals surface area contributed by atoms with Gasteiger partial charge in [0.15, 0.2) is 11.5 Å². The summed E-state index contributed by atoms with van der Waals surface area (Å²) in [7, 11) is 3.22. The van der Waals surface area contributed by atoms with Crippen LogP contribution in [0.25, 0.3) is 0 Å². The van der Waals surface area contributed by atoms with Crippen molar-refractivity contribution in [3.8, 4) is 11.5 Å². The molecule has 1 aliphatic rings. The quantitative estimate of drug-likeness (QED) is 0.777. The minimum absolute atomic E-state index is 0.00458. The molecular formula is C18H26F2N2O3. The number of rotatable bonds is 8. The van der Waals surface area contributed by atoms with E-state index in [1.54, 1.807) is 12.1 Å².